The Morgan fingerprint density at radius 2 is 1.73 bits per heavy atom. The van der Waals surface area contributed by atoms with Crippen molar-refractivity contribution < 1.29 is 9.18 Å². The van der Waals surface area contributed by atoms with Crippen molar-refractivity contribution >= 4 is 5.91 Å². The monoisotopic (exact) mass is 449 g/mol. The van der Waals surface area contributed by atoms with Gasteiger partial charge in [0, 0.05) is 13.6 Å². The van der Waals surface area contributed by atoms with Gasteiger partial charge in [-0.15, -0.1) is 0 Å². The number of halogens is 1. The van der Waals surface area contributed by atoms with Gasteiger partial charge in [0.2, 0.25) is 5.91 Å². The summed E-state index contributed by atoms with van der Waals surface area (Å²) in [6.07, 6.45) is 13.4. The Morgan fingerprint density at radius 1 is 1.03 bits per heavy atom. The molecule has 1 aliphatic rings. The summed E-state index contributed by atoms with van der Waals surface area (Å²) in [5.41, 5.74) is 4.11. The van der Waals surface area contributed by atoms with E-state index in [1.54, 1.807) is 18.0 Å². The Labute approximate surface area is 199 Å². The molecule has 0 unspecified atom stereocenters. The topological polar surface area (TPSA) is 20.3 Å². The predicted octanol–water partition coefficient (Wildman–Crippen LogP) is 7.92. The quantitative estimate of drug-likeness (QED) is 0.252. The van der Waals surface area contributed by atoms with Crippen LogP contribution in [0.15, 0.2) is 55.1 Å². The Morgan fingerprint density at radius 3 is 2.36 bits per heavy atom. The standard InChI is InChI=1S/C30H40FNO/c1-4-6-7-9-23-11-13-24(14-12-23)25-15-17-26(18-16-25)28-20-19-27(29(31)22-28)10-8-21-32(3)30(33)5-2/h5,15-20,22-24H,2,4,6-14,21H2,1,3H3. The van der Waals surface area contributed by atoms with Crippen molar-refractivity contribution in [2.75, 3.05) is 13.6 Å². The minimum absolute atomic E-state index is 0.103. The smallest absolute Gasteiger partial charge is 0.245 e. The summed E-state index contributed by atoms with van der Waals surface area (Å²) in [7, 11) is 1.74. The molecule has 3 heteroatoms. The number of carbonyl (C=O) groups excluding carboxylic acids is 1. The van der Waals surface area contributed by atoms with E-state index in [1.807, 2.05) is 12.1 Å². The van der Waals surface area contributed by atoms with Crippen LogP contribution in [0.5, 0.6) is 0 Å². The lowest BCUT2D eigenvalue weighted by Gasteiger charge is -2.29. The average molecular weight is 450 g/mol. The molecule has 0 radical (unpaired) electrons. The minimum Gasteiger partial charge on any atom is -0.342 e. The first kappa shape index (κ1) is 25.2. The molecule has 0 bridgehead atoms. The summed E-state index contributed by atoms with van der Waals surface area (Å²) >= 11 is 0. The fourth-order valence-electron chi connectivity index (χ4n) is 5.12. The van der Waals surface area contributed by atoms with Crippen LogP contribution in [0, 0.1) is 11.7 Å². The molecule has 33 heavy (non-hydrogen) atoms. The summed E-state index contributed by atoms with van der Waals surface area (Å²) in [4.78, 5) is 13.2. The van der Waals surface area contributed by atoms with Crippen LogP contribution in [0.2, 0.25) is 0 Å². The molecule has 2 aromatic carbocycles. The molecule has 1 fully saturated rings. The zero-order chi connectivity index (χ0) is 23.6. The van der Waals surface area contributed by atoms with Crippen molar-refractivity contribution in [3.8, 4) is 11.1 Å². The van der Waals surface area contributed by atoms with E-state index in [-0.39, 0.29) is 11.7 Å². The van der Waals surface area contributed by atoms with Crippen LogP contribution in [0.4, 0.5) is 4.39 Å². The number of unbranched alkanes of at least 4 members (excludes halogenated alkanes) is 2. The van der Waals surface area contributed by atoms with Crippen LogP contribution in [0.25, 0.3) is 11.1 Å². The number of benzene rings is 2. The lowest BCUT2D eigenvalue weighted by Crippen LogP contribution is -2.25. The van der Waals surface area contributed by atoms with Gasteiger partial charge < -0.3 is 4.90 Å². The van der Waals surface area contributed by atoms with Gasteiger partial charge in [-0.1, -0.05) is 75.6 Å². The number of likely N-dealkylation sites (N-methyl/N-ethyl adjacent to an activating group) is 1. The van der Waals surface area contributed by atoms with E-state index in [2.05, 4.69) is 37.8 Å². The number of carbonyl (C=O) groups is 1. The van der Waals surface area contributed by atoms with Crippen LogP contribution >= 0.6 is 0 Å². The first-order chi connectivity index (χ1) is 16.0. The number of hydrogen-bond acceptors (Lipinski definition) is 1. The Hall–Kier alpha value is -2.42. The maximum Gasteiger partial charge on any atom is 0.245 e. The Kier molecular flexibility index (Phi) is 9.72. The third-order valence-electron chi connectivity index (χ3n) is 7.32. The molecule has 0 spiro atoms. The molecule has 3 rings (SSSR count). The number of rotatable bonds is 11. The maximum absolute atomic E-state index is 14.7. The van der Waals surface area contributed by atoms with Gasteiger partial charge in [0.15, 0.2) is 0 Å². The SMILES string of the molecule is C=CC(=O)N(C)CCCc1ccc(-c2ccc(C3CCC(CCCCC)CC3)cc2)cc1F. The maximum atomic E-state index is 14.7. The Balaban J connectivity index is 1.53. The highest BCUT2D eigenvalue weighted by Crippen LogP contribution is 2.38. The van der Waals surface area contributed by atoms with E-state index in [1.165, 1.54) is 63.0 Å². The average Bonchev–Trinajstić information content (AvgIpc) is 2.85. The van der Waals surface area contributed by atoms with Crippen LogP contribution in [-0.2, 0) is 11.2 Å². The molecule has 0 atom stereocenters. The zero-order valence-corrected chi connectivity index (χ0v) is 20.5. The van der Waals surface area contributed by atoms with Crippen LogP contribution in [-0.4, -0.2) is 24.4 Å². The highest BCUT2D eigenvalue weighted by Gasteiger charge is 2.22. The molecule has 1 aliphatic carbocycles. The normalized spacial score (nSPS) is 18.2. The lowest BCUT2D eigenvalue weighted by atomic mass is 9.77. The molecule has 178 valence electrons. The van der Waals surface area contributed by atoms with Crippen molar-refractivity contribution in [1.29, 1.82) is 0 Å². The number of amides is 1. The zero-order valence-electron chi connectivity index (χ0n) is 20.5. The van der Waals surface area contributed by atoms with Crippen molar-refractivity contribution in [2.24, 2.45) is 5.92 Å². The largest absolute Gasteiger partial charge is 0.342 e. The second-order valence-electron chi connectivity index (χ2n) is 9.71. The fraction of sp³-hybridized carbons (Fsp3) is 0.500. The van der Waals surface area contributed by atoms with Gasteiger partial charge in [0.05, 0.1) is 0 Å². The van der Waals surface area contributed by atoms with Gasteiger partial charge in [-0.25, -0.2) is 4.39 Å². The van der Waals surface area contributed by atoms with Crippen LogP contribution in [0.3, 0.4) is 0 Å². The Bertz CT molecular complexity index is 896. The van der Waals surface area contributed by atoms with Gasteiger partial charge in [-0.05, 0) is 84.8 Å². The summed E-state index contributed by atoms with van der Waals surface area (Å²) in [5.74, 6) is 1.33. The molecule has 2 aromatic rings. The van der Waals surface area contributed by atoms with Crippen molar-refractivity contribution in [1.82, 2.24) is 4.90 Å². The van der Waals surface area contributed by atoms with E-state index >= 15 is 0 Å². The molecule has 2 nitrogen and oxygen atoms in total. The minimum atomic E-state index is -0.171. The van der Waals surface area contributed by atoms with Gasteiger partial charge in [-0.3, -0.25) is 4.79 Å². The van der Waals surface area contributed by atoms with E-state index in [0.717, 1.165) is 23.5 Å². The van der Waals surface area contributed by atoms with Gasteiger partial charge in [0.1, 0.15) is 5.82 Å². The van der Waals surface area contributed by atoms with E-state index in [4.69, 9.17) is 0 Å². The third kappa shape index (κ3) is 7.28. The molecule has 0 heterocycles. The summed E-state index contributed by atoms with van der Waals surface area (Å²) in [6, 6.07) is 14.3. The summed E-state index contributed by atoms with van der Waals surface area (Å²) in [6.45, 7) is 6.36. The van der Waals surface area contributed by atoms with E-state index in [0.29, 0.717) is 24.4 Å². The third-order valence-corrected chi connectivity index (χ3v) is 7.32. The van der Waals surface area contributed by atoms with E-state index < -0.39 is 0 Å². The fourth-order valence-corrected chi connectivity index (χ4v) is 5.12. The second-order valence-corrected chi connectivity index (χ2v) is 9.71. The van der Waals surface area contributed by atoms with Gasteiger partial charge >= 0.3 is 0 Å². The van der Waals surface area contributed by atoms with Crippen molar-refractivity contribution in [3.05, 3.63) is 72.1 Å². The first-order valence-electron chi connectivity index (χ1n) is 12.8. The number of nitrogens with zero attached hydrogens (tertiary/aromatic N) is 1. The molecule has 0 aliphatic heterocycles. The van der Waals surface area contributed by atoms with Gasteiger partial charge in [0.25, 0.3) is 0 Å². The van der Waals surface area contributed by atoms with Crippen LogP contribution < -0.4 is 0 Å². The molecule has 0 aromatic heterocycles. The van der Waals surface area contributed by atoms with E-state index in [9.17, 15) is 9.18 Å². The predicted molar refractivity (Wildman–Crippen MR) is 137 cm³/mol. The molecular formula is C30H40FNO. The van der Waals surface area contributed by atoms with Crippen molar-refractivity contribution in [3.63, 3.8) is 0 Å². The molecule has 1 saturated carbocycles. The summed E-state index contributed by atoms with van der Waals surface area (Å²) < 4.78 is 14.7. The van der Waals surface area contributed by atoms with Gasteiger partial charge in [-0.2, -0.15) is 0 Å². The second kappa shape index (κ2) is 12.7. The van der Waals surface area contributed by atoms with Crippen molar-refractivity contribution in [2.45, 2.75) is 77.0 Å². The first-order valence-corrected chi connectivity index (χ1v) is 12.8. The van der Waals surface area contributed by atoms with Crippen LogP contribution in [0.1, 0.15) is 81.8 Å². The molecule has 0 N–H and O–H groups in total. The highest BCUT2D eigenvalue weighted by atomic mass is 19.1. The summed E-state index contributed by atoms with van der Waals surface area (Å²) in [5, 5.41) is 0. The lowest BCUT2D eigenvalue weighted by molar-refractivity contribution is -0.124. The highest BCUT2D eigenvalue weighted by molar-refractivity contribution is 5.86. The molecular weight excluding hydrogens is 409 g/mol. The number of hydrogen-bond donors (Lipinski definition) is 0. The molecule has 1 amide bonds. The molecule has 0 saturated heterocycles. The number of aryl methyl sites for hydroxylation is 1.